The van der Waals surface area contributed by atoms with Crippen molar-refractivity contribution in [3.63, 3.8) is 0 Å². The zero-order chi connectivity index (χ0) is 48.6. The summed E-state index contributed by atoms with van der Waals surface area (Å²) in [7, 11) is 0. The molecule has 1 unspecified atom stereocenters. The van der Waals surface area contributed by atoms with Gasteiger partial charge in [-0.15, -0.1) is 0 Å². The Morgan fingerprint density at radius 2 is 0.657 bits per heavy atom. The maximum Gasteiger partial charge on any atom is 0.306 e. The highest BCUT2D eigenvalue weighted by atomic mass is 16.6. The van der Waals surface area contributed by atoms with Gasteiger partial charge in [0.05, 0.1) is 0 Å². The fourth-order valence-corrected chi connectivity index (χ4v) is 6.83. The lowest BCUT2D eigenvalue weighted by Gasteiger charge is -2.18. The lowest BCUT2D eigenvalue weighted by molar-refractivity contribution is -0.167. The molecule has 0 aliphatic heterocycles. The second-order valence-corrected chi connectivity index (χ2v) is 17.2. The van der Waals surface area contributed by atoms with Crippen molar-refractivity contribution in [1.29, 1.82) is 0 Å². The Labute approximate surface area is 411 Å². The second kappa shape index (κ2) is 54.2. The van der Waals surface area contributed by atoms with E-state index in [1.165, 1.54) is 44.9 Å². The molecule has 67 heavy (non-hydrogen) atoms. The molecule has 0 aliphatic carbocycles. The fourth-order valence-electron chi connectivity index (χ4n) is 6.83. The summed E-state index contributed by atoms with van der Waals surface area (Å²) in [5, 5.41) is 0. The van der Waals surface area contributed by atoms with E-state index in [9.17, 15) is 14.4 Å². The quantitative estimate of drug-likeness (QED) is 0.0199. The molecule has 0 saturated carbocycles. The number of hydrogen-bond donors (Lipinski definition) is 0. The minimum atomic E-state index is -0.817. The number of carbonyl (C=O) groups excluding carboxylic acids is 3. The Morgan fingerprint density at radius 1 is 0.328 bits per heavy atom. The van der Waals surface area contributed by atoms with Gasteiger partial charge in [0.15, 0.2) is 6.10 Å². The Kier molecular flexibility index (Phi) is 50.6. The molecule has 1 atom stereocenters. The van der Waals surface area contributed by atoms with Gasteiger partial charge in [0.1, 0.15) is 13.2 Å². The number of hydrogen-bond acceptors (Lipinski definition) is 6. The average Bonchev–Trinajstić information content (AvgIpc) is 3.33. The third kappa shape index (κ3) is 52.4. The first-order chi connectivity index (χ1) is 33.0. The van der Waals surface area contributed by atoms with Crippen molar-refractivity contribution < 1.29 is 28.6 Å². The molecule has 0 N–H and O–H groups in total. The van der Waals surface area contributed by atoms with Crippen LogP contribution in [0.1, 0.15) is 213 Å². The second-order valence-electron chi connectivity index (χ2n) is 17.2. The van der Waals surface area contributed by atoms with E-state index in [0.717, 1.165) is 128 Å². The number of rotatable bonds is 46. The van der Waals surface area contributed by atoms with E-state index in [2.05, 4.69) is 106 Å². The minimum Gasteiger partial charge on any atom is -0.462 e. The molecule has 0 amide bonds. The van der Waals surface area contributed by atoms with Crippen molar-refractivity contribution in [2.75, 3.05) is 13.2 Å². The fraction of sp³-hybridized carbons (Fsp3) is 0.590. The van der Waals surface area contributed by atoms with E-state index in [-0.39, 0.29) is 31.1 Å². The molecule has 0 saturated heterocycles. The van der Waals surface area contributed by atoms with Crippen LogP contribution in [0.5, 0.6) is 0 Å². The summed E-state index contributed by atoms with van der Waals surface area (Å²) in [5.74, 6) is -0.994. The Bertz CT molecular complexity index is 1480. The number of unbranched alkanes of at least 4 members (excludes halogenated alkanes) is 19. The zero-order valence-corrected chi connectivity index (χ0v) is 42.9. The molecule has 0 rings (SSSR count). The van der Waals surface area contributed by atoms with Gasteiger partial charge in [-0.25, -0.2) is 0 Å². The van der Waals surface area contributed by atoms with Gasteiger partial charge >= 0.3 is 17.9 Å². The lowest BCUT2D eigenvalue weighted by Crippen LogP contribution is -2.30. The van der Waals surface area contributed by atoms with Gasteiger partial charge in [-0.1, -0.05) is 231 Å². The maximum atomic E-state index is 12.8. The molecule has 6 nitrogen and oxygen atoms in total. The van der Waals surface area contributed by atoms with E-state index in [0.29, 0.717) is 19.3 Å². The molecule has 0 aromatic rings. The van der Waals surface area contributed by atoms with Gasteiger partial charge in [-0.3, -0.25) is 14.4 Å². The van der Waals surface area contributed by atoms with Crippen molar-refractivity contribution in [2.45, 2.75) is 219 Å². The number of carbonyl (C=O) groups is 3. The van der Waals surface area contributed by atoms with Gasteiger partial charge < -0.3 is 14.2 Å². The summed E-state index contributed by atoms with van der Waals surface area (Å²) in [6.45, 7) is 6.29. The standard InChI is InChI=1S/C61H96O6/c1-4-7-10-13-16-19-22-25-28-30-31-34-36-39-42-45-48-51-54-60(63)66-57-58(56-65-59(62)53-50-47-44-41-38-35-32-27-24-21-18-15-12-9-6-3)67-61(64)55-52-49-46-43-40-37-33-29-26-23-20-17-14-11-8-5-2/h8-9,11-12,15,17-18,20-22,24-32,34-35,38,58H,4-7,10,13-14,16,19,23,33,36-37,39-57H2,1-3H3/b11-8-,12-9-,18-15-,20-17-,24-21-,25-22-,29-26-,30-28-,32-27-,34-31-,38-35-. The summed E-state index contributed by atoms with van der Waals surface area (Å²) in [5.41, 5.74) is 0. The van der Waals surface area contributed by atoms with Crippen LogP contribution in [0, 0.1) is 0 Å². The summed E-state index contributed by atoms with van der Waals surface area (Å²) in [6, 6.07) is 0. The van der Waals surface area contributed by atoms with Crippen LogP contribution in [-0.2, 0) is 28.6 Å². The number of esters is 3. The van der Waals surface area contributed by atoms with Crippen molar-refractivity contribution >= 4 is 17.9 Å². The Hall–Kier alpha value is -4.45. The van der Waals surface area contributed by atoms with Gasteiger partial charge in [-0.05, 0) is 96.3 Å². The van der Waals surface area contributed by atoms with Crippen LogP contribution in [0.3, 0.4) is 0 Å². The average molecular weight is 925 g/mol. The van der Waals surface area contributed by atoms with Gasteiger partial charge in [0, 0.05) is 19.3 Å². The highest BCUT2D eigenvalue weighted by Gasteiger charge is 2.19. The van der Waals surface area contributed by atoms with Gasteiger partial charge in [0.2, 0.25) is 0 Å². The zero-order valence-electron chi connectivity index (χ0n) is 42.9. The van der Waals surface area contributed by atoms with E-state index in [1.54, 1.807) is 0 Å². The predicted octanol–water partition coefficient (Wildman–Crippen LogP) is 17.9. The van der Waals surface area contributed by atoms with Crippen molar-refractivity contribution in [1.82, 2.24) is 0 Å². The Balaban J connectivity index is 4.55. The first kappa shape index (κ1) is 62.5. The van der Waals surface area contributed by atoms with Crippen LogP contribution in [0.4, 0.5) is 0 Å². The maximum absolute atomic E-state index is 12.8. The SMILES string of the molecule is CC\C=C/C=C\C=C/C=C\C=C/CCCCCC(=O)OCC(COC(=O)CCCCCCC\C=C/C=C\C=C/CCCCCCC)OC(=O)CCCCCCCC/C=C\C/C=C\C/C=C\CC. The molecule has 0 aromatic heterocycles. The van der Waals surface area contributed by atoms with Crippen LogP contribution >= 0.6 is 0 Å². The van der Waals surface area contributed by atoms with Gasteiger partial charge in [-0.2, -0.15) is 0 Å². The van der Waals surface area contributed by atoms with E-state index in [1.807, 2.05) is 48.6 Å². The van der Waals surface area contributed by atoms with Crippen LogP contribution in [0.2, 0.25) is 0 Å². The van der Waals surface area contributed by atoms with E-state index < -0.39 is 6.10 Å². The third-order valence-electron chi connectivity index (χ3n) is 10.8. The third-order valence-corrected chi connectivity index (χ3v) is 10.8. The summed E-state index contributed by atoms with van der Waals surface area (Å²) in [4.78, 5) is 38.1. The largest absolute Gasteiger partial charge is 0.462 e. The smallest absolute Gasteiger partial charge is 0.306 e. The molecule has 0 fully saturated rings. The molecule has 0 heterocycles. The number of ether oxygens (including phenoxy) is 3. The van der Waals surface area contributed by atoms with Crippen LogP contribution < -0.4 is 0 Å². The molecule has 0 aliphatic rings. The predicted molar refractivity (Wildman–Crippen MR) is 288 cm³/mol. The van der Waals surface area contributed by atoms with Gasteiger partial charge in [0.25, 0.3) is 0 Å². The molecular formula is C61H96O6. The topological polar surface area (TPSA) is 78.9 Å². The molecular weight excluding hydrogens is 829 g/mol. The van der Waals surface area contributed by atoms with Crippen LogP contribution in [0.15, 0.2) is 134 Å². The van der Waals surface area contributed by atoms with E-state index >= 15 is 0 Å². The first-order valence-electron chi connectivity index (χ1n) is 26.8. The summed E-state index contributed by atoms with van der Waals surface area (Å²) >= 11 is 0. The highest BCUT2D eigenvalue weighted by Crippen LogP contribution is 2.13. The molecule has 0 aromatic carbocycles. The summed E-state index contributed by atoms with van der Waals surface area (Å²) < 4.78 is 16.8. The highest BCUT2D eigenvalue weighted by molar-refractivity contribution is 5.71. The first-order valence-corrected chi connectivity index (χ1v) is 26.8. The Morgan fingerprint density at radius 3 is 1.10 bits per heavy atom. The molecule has 0 bridgehead atoms. The minimum absolute atomic E-state index is 0.113. The van der Waals surface area contributed by atoms with Crippen molar-refractivity contribution in [3.8, 4) is 0 Å². The lowest BCUT2D eigenvalue weighted by atomic mass is 10.1. The molecule has 6 heteroatoms. The molecule has 0 spiro atoms. The molecule has 376 valence electrons. The number of allylic oxidation sites excluding steroid dienone is 22. The normalized spacial score (nSPS) is 13.2. The van der Waals surface area contributed by atoms with Crippen molar-refractivity contribution in [3.05, 3.63) is 134 Å². The van der Waals surface area contributed by atoms with E-state index in [4.69, 9.17) is 14.2 Å². The van der Waals surface area contributed by atoms with Crippen LogP contribution in [-0.4, -0.2) is 37.2 Å². The summed E-state index contributed by atoms with van der Waals surface area (Å²) in [6.07, 6.45) is 75.7. The van der Waals surface area contributed by atoms with Crippen molar-refractivity contribution in [2.24, 2.45) is 0 Å². The monoisotopic (exact) mass is 925 g/mol. The van der Waals surface area contributed by atoms with Crippen LogP contribution in [0.25, 0.3) is 0 Å². The molecule has 0 radical (unpaired) electrons.